The maximum atomic E-state index is 12.3. The topological polar surface area (TPSA) is 50.8 Å². The van der Waals surface area contributed by atoms with Crippen molar-refractivity contribution in [3.05, 3.63) is 22.7 Å². The Hall–Kier alpha value is -1.46. The Morgan fingerprint density at radius 1 is 1.26 bits per heavy atom. The summed E-state index contributed by atoms with van der Waals surface area (Å²) in [4.78, 5) is 14.5. The summed E-state index contributed by atoms with van der Waals surface area (Å²) in [5, 5.41) is 3.28. The maximum absolute atomic E-state index is 12.3. The minimum Gasteiger partial charge on any atom is -0.493 e. The molecule has 1 rings (SSSR count). The van der Waals surface area contributed by atoms with Gasteiger partial charge in [-0.25, -0.2) is 0 Å². The van der Waals surface area contributed by atoms with E-state index in [1.807, 2.05) is 6.92 Å². The van der Waals surface area contributed by atoms with Crippen LogP contribution in [0.3, 0.4) is 0 Å². The highest BCUT2D eigenvalue weighted by Crippen LogP contribution is 2.36. The van der Waals surface area contributed by atoms with Crippen molar-refractivity contribution >= 4 is 17.5 Å². The minimum absolute atomic E-state index is 0.167. The molecule has 0 unspecified atom stereocenters. The zero-order valence-corrected chi connectivity index (χ0v) is 15.2. The van der Waals surface area contributed by atoms with Crippen molar-refractivity contribution in [1.82, 2.24) is 10.2 Å². The molecule has 130 valence electrons. The van der Waals surface area contributed by atoms with Gasteiger partial charge < -0.3 is 19.7 Å². The first-order valence-electron chi connectivity index (χ1n) is 8.08. The molecule has 0 radical (unpaired) electrons. The lowest BCUT2D eigenvalue weighted by Crippen LogP contribution is -2.34. The van der Waals surface area contributed by atoms with E-state index in [1.165, 1.54) is 7.11 Å². The van der Waals surface area contributed by atoms with Gasteiger partial charge >= 0.3 is 0 Å². The lowest BCUT2D eigenvalue weighted by atomic mass is 10.2. The summed E-state index contributed by atoms with van der Waals surface area (Å²) in [5.41, 5.74) is 0.468. The minimum atomic E-state index is -0.167. The maximum Gasteiger partial charge on any atom is 0.251 e. The largest absolute Gasteiger partial charge is 0.493 e. The van der Waals surface area contributed by atoms with Gasteiger partial charge in [-0.05, 0) is 31.6 Å². The molecule has 1 aromatic carbocycles. The zero-order chi connectivity index (χ0) is 17.2. The molecular formula is C17H27ClN2O3. The van der Waals surface area contributed by atoms with E-state index >= 15 is 0 Å². The van der Waals surface area contributed by atoms with Crippen LogP contribution in [-0.2, 0) is 0 Å². The van der Waals surface area contributed by atoms with Gasteiger partial charge in [0.15, 0.2) is 11.5 Å². The van der Waals surface area contributed by atoms with E-state index in [9.17, 15) is 4.79 Å². The molecule has 0 heterocycles. The first-order chi connectivity index (χ1) is 11.1. The predicted octanol–water partition coefficient (Wildman–Crippen LogP) is 3.21. The van der Waals surface area contributed by atoms with Gasteiger partial charge in [-0.15, -0.1) is 0 Å². The molecule has 0 fully saturated rings. The van der Waals surface area contributed by atoms with Crippen LogP contribution in [0.5, 0.6) is 11.5 Å². The second kappa shape index (κ2) is 10.3. The van der Waals surface area contributed by atoms with Crippen LogP contribution in [0.25, 0.3) is 0 Å². The third kappa shape index (κ3) is 5.92. The number of carbonyl (C=O) groups is 1. The van der Waals surface area contributed by atoms with Crippen LogP contribution in [0, 0.1) is 0 Å². The summed E-state index contributed by atoms with van der Waals surface area (Å²) >= 11 is 6.23. The van der Waals surface area contributed by atoms with Crippen molar-refractivity contribution < 1.29 is 14.3 Å². The molecule has 5 nitrogen and oxygen atoms in total. The number of hydrogen-bond donors (Lipinski definition) is 1. The van der Waals surface area contributed by atoms with Gasteiger partial charge in [0.2, 0.25) is 0 Å². The smallest absolute Gasteiger partial charge is 0.251 e. The predicted molar refractivity (Wildman–Crippen MR) is 93.9 cm³/mol. The Labute approximate surface area is 143 Å². The molecule has 0 saturated heterocycles. The molecular weight excluding hydrogens is 316 g/mol. The first-order valence-corrected chi connectivity index (χ1v) is 8.45. The molecule has 6 heteroatoms. The quantitative estimate of drug-likeness (QED) is 0.709. The highest BCUT2D eigenvalue weighted by molar-refractivity contribution is 6.32. The summed E-state index contributed by atoms with van der Waals surface area (Å²) < 4.78 is 10.9. The average Bonchev–Trinajstić information content (AvgIpc) is 2.56. The number of ether oxygens (including phenoxy) is 2. The van der Waals surface area contributed by atoms with Crippen LogP contribution in [0.4, 0.5) is 0 Å². The SMILES string of the molecule is CCCOc1c(Cl)cc(C(=O)NCCN(CC)CC)cc1OC. The molecule has 0 aromatic heterocycles. The van der Waals surface area contributed by atoms with Crippen molar-refractivity contribution in [2.24, 2.45) is 0 Å². The molecule has 0 aliphatic carbocycles. The molecule has 0 saturated carbocycles. The van der Waals surface area contributed by atoms with Crippen molar-refractivity contribution in [2.75, 3.05) is 39.9 Å². The Morgan fingerprint density at radius 2 is 1.96 bits per heavy atom. The third-order valence-electron chi connectivity index (χ3n) is 3.55. The Bertz CT molecular complexity index is 505. The van der Waals surface area contributed by atoms with Crippen LogP contribution in [0.15, 0.2) is 12.1 Å². The fourth-order valence-corrected chi connectivity index (χ4v) is 2.43. The molecule has 1 aromatic rings. The van der Waals surface area contributed by atoms with Gasteiger partial charge in [0.1, 0.15) is 0 Å². The zero-order valence-electron chi connectivity index (χ0n) is 14.4. The van der Waals surface area contributed by atoms with E-state index in [0.29, 0.717) is 35.2 Å². The number of methoxy groups -OCH3 is 1. The summed E-state index contributed by atoms with van der Waals surface area (Å²) in [7, 11) is 1.53. The number of halogens is 1. The Balaban J connectivity index is 2.75. The summed E-state index contributed by atoms with van der Waals surface area (Å²) in [6.07, 6.45) is 0.868. The lowest BCUT2D eigenvalue weighted by molar-refractivity contribution is 0.0948. The molecule has 0 bridgehead atoms. The van der Waals surface area contributed by atoms with Crippen LogP contribution in [0.1, 0.15) is 37.6 Å². The number of amides is 1. The summed E-state index contributed by atoms with van der Waals surface area (Å²) in [5.74, 6) is 0.787. The fourth-order valence-electron chi connectivity index (χ4n) is 2.16. The van der Waals surface area contributed by atoms with Crippen molar-refractivity contribution in [3.8, 4) is 11.5 Å². The number of nitrogens with one attached hydrogen (secondary N) is 1. The van der Waals surface area contributed by atoms with Gasteiger partial charge in [-0.2, -0.15) is 0 Å². The van der Waals surface area contributed by atoms with E-state index in [2.05, 4.69) is 24.1 Å². The van der Waals surface area contributed by atoms with Gasteiger partial charge in [0, 0.05) is 18.7 Å². The second-order valence-electron chi connectivity index (χ2n) is 5.12. The van der Waals surface area contributed by atoms with Crippen LogP contribution in [-0.4, -0.2) is 50.7 Å². The van der Waals surface area contributed by atoms with Crippen LogP contribution >= 0.6 is 11.6 Å². The summed E-state index contributed by atoms with van der Waals surface area (Å²) in [6, 6.07) is 3.27. The van der Waals surface area contributed by atoms with E-state index in [1.54, 1.807) is 12.1 Å². The van der Waals surface area contributed by atoms with Crippen molar-refractivity contribution in [2.45, 2.75) is 27.2 Å². The molecule has 23 heavy (non-hydrogen) atoms. The molecule has 0 aliphatic heterocycles. The number of rotatable bonds is 10. The molecule has 0 aliphatic rings. The first kappa shape index (κ1) is 19.6. The van der Waals surface area contributed by atoms with Gasteiger partial charge in [-0.3, -0.25) is 4.79 Å². The second-order valence-corrected chi connectivity index (χ2v) is 5.53. The van der Waals surface area contributed by atoms with E-state index in [-0.39, 0.29) is 5.91 Å². The van der Waals surface area contributed by atoms with Crippen LogP contribution in [0.2, 0.25) is 5.02 Å². The number of hydrogen-bond acceptors (Lipinski definition) is 4. The Morgan fingerprint density at radius 3 is 2.52 bits per heavy atom. The van der Waals surface area contributed by atoms with Gasteiger partial charge in [-0.1, -0.05) is 32.4 Å². The third-order valence-corrected chi connectivity index (χ3v) is 3.83. The van der Waals surface area contributed by atoms with Gasteiger partial charge in [0.05, 0.1) is 18.7 Å². The average molecular weight is 343 g/mol. The Kier molecular flexibility index (Phi) is 8.81. The van der Waals surface area contributed by atoms with E-state index in [0.717, 1.165) is 26.1 Å². The standard InChI is InChI=1S/C17H27ClN2O3/c1-5-10-23-16-14(18)11-13(12-15(16)22-4)17(21)19-8-9-20(6-2)7-3/h11-12H,5-10H2,1-4H3,(H,19,21). The number of nitrogens with zero attached hydrogens (tertiary/aromatic N) is 1. The highest BCUT2D eigenvalue weighted by atomic mass is 35.5. The monoisotopic (exact) mass is 342 g/mol. The number of carbonyl (C=O) groups excluding carboxylic acids is 1. The molecule has 0 spiro atoms. The summed E-state index contributed by atoms with van der Waals surface area (Å²) in [6.45, 7) is 10.1. The normalized spacial score (nSPS) is 10.7. The van der Waals surface area contributed by atoms with Gasteiger partial charge in [0.25, 0.3) is 5.91 Å². The molecule has 1 N–H and O–H groups in total. The lowest BCUT2D eigenvalue weighted by Gasteiger charge is -2.18. The fraction of sp³-hybridized carbons (Fsp3) is 0.588. The van der Waals surface area contributed by atoms with Crippen molar-refractivity contribution in [1.29, 1.82) is 0 Å². The molecule has 0 atom stereocenters. The van der Waals surface area contributed by atoms with E-state index in [4.69, 9.17) is 21.1 Å². The number of likely N-dealkylation sites (N-methyl/N-ethyl adjacent to an activating group) is 1. The van der Waals surface area contributed by atoms with Crippen molar-refractivity contribution in [3.63, 3.8) is 0 Å². The highest BCUT2D eigenvalue weighted by Gasteiger charge is 2.15. The van der Waals surface area contributed by atoms with Crippen LogP contribution < -0.4 is 14.8 Å². The number of benzene rings is 1. The van der Waals surface area contributed by atoms with E-state index < -0.39 is 0 Å². The molecule has 1 amide bonds.